The van der Waals surface area contributed by atoms with E-state index in [1.54, 1.807) is 13.3 Å². The maximum atomic E-state index is 5.57. The van der Waals surface area contributed by atoms with Crippen LogP contribution in [0.5, 0.6) is 11.8 Å². The molecule has 2 rings (SSSR count). The number of rotatable bonds is 5. The summed E-state index contributed by atoms with van der Waals surface area (Å²) < 4.78 is 10.5. The molecular formula is C12H13ClN2O2. The average molecular weight is 253 g/mol. The number of alkyl halides is 1. The normalized spacial score (nSPS) is 10.5. The number of fused-ring (bicyclic) bond motifs is 1. The molecule has 0 amide bonds. The number of hydrogen-bond acceptors (Lipinski definition) is 4. The number of nitrogens with zero attached hydrogens (tertiary/aromatic N) is 2. The van der Waals surface area contributed by atoms with E-state index >= 15 is 0 Å². The smallest absolute Gasteiger partial charge is 0.316 e. The van der Waals surface area contributed by atoms with E-state index in [-0.39, 0.29) is 0 Å². The van der Waals surface area contributed by atoms with Gasteiger partial charge < -0.3 is 9.47 Å². The number of benzene rings is 1. The van der Waals surface area contributed by atoms with Gasteiger partial charge in [-0.15, -0.1) is 11.6 Å². The van der Waals surface area contributed by atoms with Crippen molar-refractivity contribution in [3.63, 3.8) is 0 Å². The molecule has 0 unspecified atom stereocenters. The highest BCUT2D eigenvalue weighted by Crippen LogP contribution is 2.19. The van der Waals surface area contributed by atoms with E-state index in [0.29, 0.717) is 18.5 Å². The summed E-state index contributed by atoms with van der Waals surface area (Å²) in [6.07, 6.45) is 2.51. The summed E-state index contributed by atoms with van der Waals surface area (Å²) in [5.41, 5.74) is 0.806. The van der Waals surface area contributed by atoms with Crippen LogP contribution in [-0.2, 0) is 0 Å². The van der Waals surface area contributed by atoms with Crippen LogP contribution in [0.2, 0.25) is 0 Å². The summed E-state index contributed by atoms with van der Waals surface area (Å²) in [5, 5.41) is 0.954. The van der Waals surface area contributed by atoms with Crippen LogP contribution >= 0.6 is 11.6 Å². The molecular weight excluding hydrogens is 240 g/mol. The molecule has 1 aromatic carbocycles. The molecule has 0 N–H and O–H groups in total. The highest BCUT2D eigenvalue weighted by atomic mass is 35.5. The molecule has 0 saturated carbocycles. The largest absolute Gasteiger partial charge is 0.497 e. The molecule has 0 radical (unpaired) electrons. The van der Waals surface area contributed by atoms with Gasteiger partial charge in [0.05, 0.1) is 19.2 Å². The van der Waals surface area contributed by atoms with Crippen molar-refractivity contribution >= 4 is 22.5 Å². The first-order chi connectivity index (χ1) is 8.33. The first-order valence-corrected chi connectivity index (χ1v) is 5.86. The maximum Gasteiger partial charge on any atom is 0.316 e. The molecule has 17 heavy (non-hydrogen) atoms. The van der Waals surface area contributed by atoms with E-state index in [1.807, 2.05) is 18.2 Å². The number of hydrogen-bond donors (Lipinski definition) is 0. The fraction of sp³-hybridized carbons (Fsp3) is 0.333. The Hall–Kier alpha value is -1.55. The zero-order valence-corrected chi connectivity index (χ0v) is 10.3. The van der Waals surface area contributed by atoms with Crippen molar-refractivity contribution in [3.05, 3.63) is 24.4 Å². The van der Waals surface area contributed by atoms with Gasteiger partial charge in [0.2, 0.25) is 0 Å². The minimum absolute atomic E-state index is 0.371. The molecule has 0 aliphatic rings. The van der Waals surface area contributed by atoms with Crippen molar-refractivity contribution < 1.29 is 9.47 Å². The Morgan fingerprint density at radius 2 is 2.24 bits per heavy atom. The first-order valence-electron chi connectivity index (χ1n) is 5.33. The SMILES string of the molecule is COc1ccc2cnc(OCCCCl)nc2c1. The van der Waals surface area contributed by atoms with Crippen molar-refractivity contribution in [2.75, 3.05) is 19.6 Å². The molecule has 5 heteroatoms. The average Bonchev–Trinajstić information content (AvgIpc) is 2.38. The quantitative estimate of drug-likeness (QED) is 0.606. The van der Waals surface area contributed by atoms with Gasteiger partial charge in [-0.1, -0.05) is 0 Å². The number of ether oxygens (including phenoxy) is 2. The van der Waals surface area contributed by atoms with Crippen LogP contribution in [0.25, 0.3) is 10.9 Å². The Labute approximate surface area is 105 Å². The maximum absolute atomic E-state index is 5.57. The second-order valence-electron chi connectivity index (χ2n) is 3.47. The van der Waals surface area contributed by atoms with Crippen molar-refractivity contribution in [3.8, 4) is 11.8 Å². The van der Waals surface area contributed by atoms with Crippen LogP contribution in [0.3, 0.4) is 0 Å². The molecule has 2 aromatic rings. The standard InChI is InChI=1S/C12H13ClN2O2/c1-16-10-4-3-9-8-14-12(15-11(9)7-10)17-6-2-5-13/h3-4,7-8H,2,5-6H2,1H3. The lowest BCUT2D eigenvalue weighted by molar-refractivity contribution is 0.294. The first kappa shape index (κ1) is 11.9. The highest BCUT2D eigenvalue weighted by molar-refractivity contribution is 6.17. The Balaban J connectivity index is 2.22. The second kappa shape index (κ2) is 5.68. The molecule has 90 valence electrons. The van der Waals surface area contributed by atoms with Gasteiger partial charge >= 0.3 is 6.01 Å². The van der Waals surface area contributed by atoms with Crippen molar-refractivity contribution in [2.24, 2.45) is 0 Å². The Morgan fingerprint density at radius 3 is 3.00 bits per heavy atom. The fourth-order valence-electron chi connectivity index (χ4n) is 1.40. The molecule has 1 heterocycles. The third kappa shape index (κ3) is 2.97. The van der Waals surface area contributed by atoms with Crippen LogP contribution in [0.15, 0.2) is 24.4 Å². The van der Waals surface area contributed by atoms with Gasteiger partial charge in [0, 0.05) is 23.5 Å². The number of halogens is 1. The molecule has 0 atom stereocenters. The van der Waals surface area contributed by atoms with E-state index in [0.717, 1.165) is 23.1 Å². The van der Waals surface area contributed by atoms with Gasteiger partial charge in [0.15, 0.2) is 0 Å². The predicted molar refractivity (Wildman–Crippen MR) is 66.9 cm³/mol. The molecule has 1 aromatic heterocycles. The lowest BCUT2D eigenvalue weighted by atomic mass is 10.2. The monoisotopic (exact) mass is 252 g/mol. The molecule has 0 aliphatic carbocycles. The highest BCUT2D eigenvalue weighted by Gasteiger charge is 2.02. The molecule has 0 fully saturated rings. The van der Waals surface area contributed by atoms with Crippen molar-refractivity contribution in [1.82, 2.24) is 9.97 Å². The zero-order valence-electron chi connectivity index (χ0n) is 9.52. The van der Waals surface area contributed by atoms with Crippen molar-refractivity contribution in [1.29, 1.82) is 0 Å². The van der Waals surface area contributed by atoms with Gasteiger partial charge in [-0.05, 0) is 18.6 Å². The van der Waals surface area contributed by atoms with Crippen LogP contribution in [-0.4, -0.2) is 29.6 Å². The summed E-state index contributed by atoms with van der Waals surface area (Å²) in [4.78, 5) is 8.42. The summed E-state index contributed by atoms with van der Waals surface area (Å²) in [6.45, 7) is 0.527. The molecule has 0 aliphatic heterocycles. The van der Waals surface area contributed by atoms with Gasteiger partial charge in [-0.2, -0.15) is 4.98 Å². The molecule has 0 spiro atoms. The predicted octanol–water partition coefficient (Wildman–Crippen LogP) is 2.65. The van der Waals surface area contributed by atoms with Crippen LogP contribution in [0, 0.1) is 0 Å². The van der Waals surface area contributed by atoms with E-state index in [1.165, 1.54) is 0 Å². The third-order valence-corrected chi connectivity index (χ3v) is 2.54. The lowest BCUT2D eigenvalue weighted by Gasteiger charge is -2.05. The Kier molecular flexibility index (Phi) is 3.98. The van der Waals surface area contributed by atoms with Gasteiger partial charge in [-0.3, -0.25) is 0 Å². The van der Waals surface area contributed by atoms with Crippen LogP contribution in [0.1, 0.15) is 6.42 Å². The second-order valence-corrected chi connectivity index (χ2v) is 3.85. The number of aromatic nitrogens is 2. The zero-order chi connectivity index (χ0) is 12.1. The summed E-state index contributed by atoms with van der Waals surface area (Å²) in [6, 6.07) is 6.01. The molecule has 0 saturated heterocycles. The van der Waals surface area contributed by atoms with Crippen LogP contribution < -0.4 is 9.47 Å². The van der Waals surface area contributed by atoms with Gasteiger partial charge in [-0.25, -0.2) is 4.98 Å². The van der Waals surface area contributed by atoms with Crippen LogP contribution in [0.4, 0.5) is 0 Å². The minimum Gasteiger partial charge on any atom is -0.497 e. The van der Waals surface area contributed by atoms with Gasteiger partial charge in [0.1, 0.15) is 5.75 Å². The minimum atomic E-state index is 0.371. The Morgan fingerprint density at radius 1 is 1.35 bits per heavy atom. The molecule has 0 bridgehead atoms. The van der Waals surface area contributed by atoms with E-state index in [4.69, 9.17) is 21.1 Å². The Bertz CT molecular complexity index is 505. The van der Waals surface area contributed by atoms with E-state index < -0.39 is 0 Å². The van der Waals surface area contributed by atoms with E-state index in [9.17, 15) is 0 Å². The fourth-order valence-corrected chi connectivity index (χ4v) is 1.51. The lowest BCUT2D eigenvalue weighted by Crippen LogP contribution is -2.01. The summed E-state index contributed by atoms with van der Waals surface area (Å²) in [5.74, 6) is 1.34. The molecule has 4 nitrogen and oxygen atoms in total. The summed E-state index contributed by atoms with van der Waals surface area (Å²) >= 11 is 5.57. The van der Waals surface area contributed by atoms with Gasteiger partial charge in [0.25, 0.3) is 0 Å². The third-order valence-electron chi connectivity index (χ3n) is 2.28. The topological polar surface area (TPSA) is 44.2 Å². The number of methoxy groups -OCH3 is 1. The van der Waals surface area contributed by atoms with Crippen molar-refractivity contribution in [2.45, 2.75) is 6.42 Å². The summed E-state index contributed by atoms with van der Waals surface area (Å²) in [7, 11) is 1.63. The van der Waals surface area contributed by atoms with E-state index in [2.05, 4.69) is 9.97 Å².